The summed E-state index contributed by atoms with van der Waals surface area (Å²) in [6.07, 6.45) is 4.68. The third-order valence-corrected chi connectivity index (χ3v) is 5.52. The first-order valence-corrected chi connectivity index (χ1v) is 9.66. The van der Waals surface area contributed by atoms with Crippen LogP contribution in [0.1, 0.15) is 30.4 Å². The highest BCUT2D eigenvalue weighted by molar-refractivity contribution is 6.42. The van der Waals surface area contributed by atoms with E-state index in [0.717, 1.165) is 24.4 Å². The fourth-order valence-electron chi connectivity index (χ4n) is 3.31. The molecule has 0 amide bonds. The average Bonchev–Trinajstić information content (AvgIpc) is 2.64. The predicted molar refractivity (Wildman–Crippen MR) is 107 cm³/mol. The molecule has 25 heavy (non-hydrogen) atoms. The van der Waals surface area contributed by atoms with E-state index in [-0.39, 0.29) is 0 Å². The van der Waals surface area contributed by atoms with Crippen molar-refractivity contribution >= 4 is 23.2 Å². The van der Waals surface area contributed by atoms with Crippen molar-refractivity contribution in [1.82, 2.24) is 4.90 Å². The molecular weight excluding hydrogens is 349 g/mol. The lowest BCUT2D eigenvalue weighted by molar-refractivity contribution is 0.187. The molecule has 0 spiro atoms. The Kier molecular flexibility index (Phi) is 6.82. The van der Waals surface area contributed by atoms with Gasteiger partial charge in [-0.15, -0.1) is 0 Å². The van der Waals surface area contributed by atoms with Crippen molar-refractivity contribution in [3.8, 4) is 11.8 Å². The summed E-state index contributed by atoms with van der Waals surface area (Å²) >= 11 is 11.9. The van der Waals surface area contributed by atoms with Gasteiger partial charge in [-0.25, -0.2) is 0 Å². The van der Waals surface area contributed by atoms with Crippen molar-refractivity contribution in [2.24, 2.45) is 5.92 Å². The Hall–Kier alpha value is -1.46. The number of hydrogen-bond acceptors (Lipinski definition) is 1. The third-order valence-electron chi connectivity index (χ3n) is 4.78. The minimum absolute atomic E-state index is 0.564. The minimum atomic E-state index is 0.564. The topological polar surface area (TPSA) is 3.24 Å². The van der Waals surface area contributed by atoms with Gasteiger partial charge in [0.25, 0.3) is 0 Å². The maximum atomic E-state index is 6.01. The molecule has 3 heteroatoms. The zero-order chi connectivity index (χ0) is 17.5. The molecule has 0 saturated carbocycles. The molecule has 1 saturated heterocycles. The zero-order valence-electron chi connectivity index (χ0n) is 14.3. The summed E-state index contributed by atoms with van der Waals surface area (Å²) < 4.78 is 0. The van der Waals surface area contributed by atoms with E-state index >= 15 is 0 Å². The van der Waals surface area contributed by atoms with E-state index in [2.05, 4.69) is 47.1 Å². The van der Waals surface area contributed by atoms with Crippen molar-refractivity contribution in [3.63, 3.8) is 0 Å². The second-order valence-electron chi connectivity index (χ2n) is 6.66. The smallest absolute Gasteiger partial charge is 0.0604 e. The van der Waals surface area contributed by atoms with Gasteiger partial charge in [0.1, 0.15) is 0 Å². The monoisotopic (exact) mass is 371 g/mol. The van der Waals surface area contributed by atoms with Gasteiger partial charge in [0, 0.05) is 18.5 Å². The van der Waals surface area contributed by atoms with Crippen LogP contribution in [0.5, 0.6) is 0 Å². The van der Waals surface area contributed by atoms with Crippen LogP contribution in [0.2, 0.25) is 10.0 Å². The second kappa shape index (κ2) is 9.30. The van der Waals surface area contributed by atoms with Gasteiger partial charge in [0.2, 0.25) is 0 Å². The number of benzene rings is 2. The molecule has 0 aliphatic carbocycles. The quantitative estimate of drug-likeness (QED) is 0.623. The number of likely N-dealkylation sites (tertiary alicyclic amines) is 1. The summed E-state index contributed by atoms with van der Waals surface area (Å²) in [7, 11) is 0. The average molecular weight is 372 g/mol. The van der Waals surface area contributed by atoms with Gasteiger partial charge in [-0.3, -0.25) is 0 Å². The number of hydrogen-bond donors (Lipinski definition) is 0. The summed E-state index contributed by atoms with van der Waals surface area (Å²) in [6.45, 7) is 3.42. The Balaban J connectivity index is 1.39. The van der Waals surface area contributed by atoms with Crippen LogP contribution in [0.25, 0.3) is 0 Å². The van der Waals surface area contributed by atoms with E-state index in [0.29, 0.717) is 10.0 Å². The van der Waals surface area contributed by atoms with Crippen LogP contribution >= 0.6 is 23.2 Å². The molecule has 1 heterocycles. The van der Waals surface area contributed by atoms with Crippen LogP contribution in [-0.2, 0) is 6.42 Å². The lowest BCUT2D eigenvalue weighted by Crippen LogP contribution is -2.34. The van der Waals surface area contributed by atoms with Gasteiger partial charge in [0.05, 0.1) is 10.0 Å². The van der Waals surface area contributed by atoms with E-state index in [4.69, 9.17) is 23.2 Å². The standard InChI is InChI=1S/C22H23Cl2N/c23-21-10-9-19(17-22(21)24)8-4-5-13-25-14-11-20(12-15-25)16-18-6-2-1-3-7-18/h1-3,6-7,9-10,17,20H,5,11-16H2. The van der Waals surface area contributed by atoms with Crippen LogP contribution in [0.3, 0.4) is 0 Å². The molecule has 3 rings (SSSR count). The fourth-order valence-corrected chi connectivity index (χ4v) is 3.61. The Morgan fingerprint density at radius 1 is 0.960 bits per heavy atom. The van der Waals surface area contributed by atoms with Crippen molar-refractivity contribution in [2.45, 2.75) is 25.7 Å². The highest BCUT2D eigenvalue weighted by atomic mass is 35.5. The normalized spacial score (nSPS) is 15.6. The fraction of sp³-hybridized carbons (Fsp3) is 0.364. The minimum Gasteiger partial charge on any atom is -0.302 e. The first-order valence-electron chi connectivity index (χ1n) is 8.91. The van der Waals surface area contributed by atoms with Crippen molar-refractivity contribution in [1.29, 1.82) is 0 Å². The summed E-state index contributed by atoms with van der Waals surface area (Å²) in [5, 5.41) is 1.14. The van der Waals surface area contributed by atoms with E-state index < -0.39 is 0 Å². The van der Waals surface area contributed by atoms with Crippen molar-refractivity contribution < 1.29 is 0 Å². The molecule has 1 nitrogen and oxygen atoms in total. The molecule has 1 fully saturated rings. The lowest BCUT2D eigenvalue weighted by atomic mass is 9.90. The van der Waals surface area contributed by atoms with Crippen LogP contribution in [0.4, 0.5) is 0 Å². The first-order chi connectivity index (χ1) is 12.2. The highest BCUT2D eigenvalue weighted by Crippen LogP contribution is 2.23. The number of nitrogens with zero attached hydrogens (tertiary/aromatic N) is 1. The summed E-state index contributed by atoms with van der Waals surface area (Å²) in [5.74, 6) is 7.25. The molecule has 0 atom stereocenters. The Morgan fingerprint density at radius 3 is 2.44 bits per heavy atom. The van der Waals surface area contributed by atoms with E-state index in [1.807, 2.05) is 12.1 Å². The van der Waals surface area contributed by atoms with Gasteiger partial charge in [-0.2, -0.15) is 0 Å². The van der Waals surface area contributed by atoms with Crippen LogP contribution in [0.15, 0.2) is 48.5 Å². The van der Waals surface area contributed by atoms with Gasteiger partial charge in [-0.1, -0.05) is 65.4 Å². The Morgan fingerprint density at radius 2 is 1.72 bits per heavy atom. The van der Waals surface area contributed by atoms with Crippen molar-refractivity contribution in [3.05, 3.63) is 69.7 Å². The maximum Gasteiger partial charge on any atom is 0.0604 e. The highest BCUT2D eigenvalue weighted by Gasteiger charge is 2.18. The molecular formula is C22H23Cl2N. The molecule has 130 valence electrons. The zero-order valence-corrected chi connectivity index (χ0v) is 15.9. The van der Waals surface area contributed by atoms with Crippen LogP contribution in [-0.4, -0.2) is 24.5 Å². The largest absolute Gasteiger partial charge is 0.302 e. The lowest BCUT2D eigenvalue weighted by Gasteiger charge is -2.31. The molecule has 2 aromatic rings. The van der Waals surface area contributed by atoms with Gasteiger partial charge >= 0.3 is 0 Å². The Bertz CT molecular complexity index is 738. The van der Waals surface area contributed by atoms with Crippen LogP contribution in [0, 0.1) is 17.8 Å². The second-order valence-corrected chi connectivity index (χ2v) is 7.47. The summed E-state index contributed by atoms with van der Waals surface area (Å²) in [4.78, 5) is 2.53. The summed E-state index contributed by atoms with van der Waals surface area (Å²) in [6, 6.07) is 16.4. The number of piperidine rings is 1. The molecule has 0 N–H and O–H groups in total. The third kappa shape index (κ3) is 5.79. The molecule has 0 bridgehead atoms. The molecule has 1 aliphatic heterocycles. The first kappa shape index (κ1) is 18.3. The molecule has 2 aromatic carbocycles. The molecule has 1 aliphatic rings. The Labute approximate surface area is 160 Å². The molecule has 0 aromatic heterocycles. The van der Waals surface area contributed by atoms with E-state index in [1.54, 1.807) is 6.07 Å². The van der Waals surface area contributed by atoms with E-state index in [9.17, 15) is 0 Å². The van der Waals surface area contributed by atoms with Crippen molar-refractivity contribution in [2.75, 3.05) is 19.6 Å². The van der Waals surface area contributed by atoms with Crippen LogP contribution < -0.4 is 0 Å². The molecule has 0 unspecified atom stereocenters. The molecule has 0 radical (unpaired) electrons. The van der Waals surface area contributed by atoms with Gasteiger partial charge < -0.3 is 4.90 Å². The van der Waals surface area contributed by atoms with Gasteiger partial charge in [0.15, 0.2) is 0 Å². The maximum absolute atomic E-state index is 6.01. The summed E-state index contributed by atoms with van der Waals surface area (Å²) in [5.41, 5.74) is 2.39. The van der Waals surface area contributed by atoms with E-state index in [1.165, 1.54) is 37.9 Å². The number of rotatable bonds is 4. The SMILES string of the molecule is Clc1ccc(C#CCCN2CCC(Cc3ccccc3)CC2)cc1Cl. The number of halogens is 2. The predicted octanol–water partition coefficient (Wildman–Crippen LogP) is 5.69. The van der Waals surface area contributed by atoms with Gasteiger partial charge in [-0.05, 0) is 62.0 Å².